The van der Waals surface area contributed by atoms with Gasteiger partial charge in [-0.1, -0.05) is 11.6 Å². The van der Waals surface area contributed by atoms with E-state index in [-0.39, 0.29) is 24.2 Å². The fourth-order valence-electron chi connectivity index (χ4n) is 5.58. The highest BCUT2D eigenvalue weighted by molar-refractivity contribution is 14.1. The molecule has 1 aliphatic carbocycles. The van der Waals surface area contributed by atoms with Gasteiger partial charge >= 0.3 is 0 Å². The average molecular weight is 618 g/mol. The molecule has 0 bridgehead atoms. The summed E-state index contributed by atoms with van der Waals surface area (Å²) in [7, 11) is 2.98. The van der Waals surface area contributed by atoms with Gasteiger partial charge in [-0.2, -0.15) is 0 Å². The first-order chi connectivity index (χ1) is 17.7. The topological polar surface area (TPSA) is 120 Å². The molecule has 2 aliphatic rings. The van der Waals surface area contributed by atoms with E-state index in [1.54, 1.807) is 12.3 Å². The maximum Gasteiger partial charge on any atom is 0.233 e. The van der Waals surface area contributed by atoms with Crippen molar-refractivity contribution in [3.05, 3.63) is 62.5 Å². The van der Waals surface area contributed by atoms with E-state index >= 15 is 0 Å². The standard InChI is InChI=1S/C28H31IN2O6/c1-15-10-18-25(28(36)31(2)27(18)35)19(14-32)24(15)22(33)8-7-17(21-6-4-5-9-30-21)11-16-12-20(29)26(34)23(13-16)37-3/h4-6,9,11-13,18-19,22,25,32-34H,7-8,10,14H2,1-3H3/b17-11-/t18-,19+,22-,25-/m1/s1. The van der Waals surface area contributed by atoms with Crippen molar-refractivity contribution in [1.82, 2.24) is 9.88 Å². The van der Waals surface area contributed by atoms with Crippen LogP contribution in [-0.2, 0) is 9.59 Å². The van der Waals surface area contributed by atoms with Gasteiger partial charge < -0.3 is 20.1 Å². The Hall–Kier alpha value is -2.76. The van der Waals surface area contributed by atoms with Crippen molar-refractivity contribution < 1.29 is 29.6 Å². The summed E-state index contributed by atoms with van der Waals surface area (Å²) in [6.45, 7) is 1.56. The molecule has 1 fully saturated rings. The highest BCUT2D eigenvalue weighted by Gasteiger charge is 2.53. The minimum atomic E-state index is -0.895. The monoisotopic (exact) mass is 618 g/mol. The van der Waals surface area contributed by atoms with Gasteiger partial charge in [0.05, 0.1) is 40.9 Å². The molecule has 2 amide bonds. The minimum absolute atomic E-state index is 0.0775. The number of amides is 2. The second-order valence-corrected chi connectivity index (χ2v) is 10.8. The molecule has 0 radical (unpaired) electrons. The van der Waals surface area contributed by atoms with Crippen LogP contribution >= 0.6 is 22.6 Å². The Labute approximate surface area is 229 Å². The summed E-state index contributed by atoms with van der Waals surface area (Å²) in [6, 6.07) is 9.20. The molecule has 4 rings (SSSR count). The Morgan fingerprint density at radius 1 is 1.30 bits per heavy atom. The number of ether oxygens (including phenoxy) is 1. The van der Waals surface area contributed by atoms with E-state index in [1.807, 2.05) is 59.9 Å². The van der Waals surface area contributed by atoms with Crippen LogP contribution in [0.25, 0.3) is 11.6 Å². The number of aromatic nitrogens is 1. The van der Waals surface area contributed by atoms with Crippen LogP contribution in [0.1, 0.15) is 37.4 Å². The summed E-state index contributed by atoms with van der Waals surface area (Å²) in [5.74, 6) is -1.80. The number of pyridine rings is 1. The van der Waals surface area contributed by atoms with Crippen LogP contribution in [0, 0.1) is 21.3 Å². The number of phenols is 1. The summed E-state index contributed by atoms with van der Waals surface area (Å²) in [6.07, 6.45) is 3.97. The number of benzene rings is 1. The molecule has 0 spiro atoms. The maximum atomic E-state index is 12.8. The molecule has 2 heterocycles. The first-order valence-electron chi connectivity index (χ1n) is 12.2. The highest BCUT2D eigenvalue weighted by atomic mass is 127. The first-order valence-corrected chi connectivity index (χ1v) is 13.2. The van der Waals surface area contributed by atoms with Crippen molar-refractivity contribution in [3.8, 4) is 11.5 Å². The number of hydrogen-bond acceptors (Lipinski definition) is 7. The molecule has 196 valence electrons. The number of aliphatic hydroxyl groups is 2. The Morgan fingerprint density at radius 3 is 2.70 bits per heavy atom. The number of methoxy groups -OCH3 is 1. The number of imide groups is 1. The Balaban J connectivity index is 1.63. The number of carbonyl (C=O) groups excluding carboxylic acids is 2. The lowest BCUT2D eigenvalue weighted by Gasteiger charge is -2.35. The van der Waals surface area contributed by atoms with E-state index in [1.165, 1.54) is 14.2 Å². The molecule has 1 saturated heterocycles. The zero-order valence-corrected chi connectivity index (χ0v) is 23.2. The molecule has 2 aromatic rings. The van der Waals surface area contributed by atoms with Gasteiger partial charge in [0.2, 0.25) is 11.8 Å². The van der Waals surface area contributed by atoms with E-state index in [4.69, 9.17) is 4.74 Å². The van der Waals surface area contributed by atoms with E-state index < -0.39 is 23.9 Å². The number of phenolic OH excluding ortho intramolecular Hbond substituents is 1. The number of likely N-dealkylation sites (tertiary alicyclic amines) is 1. The van der Waals surface area contributed by atoms with Gasteiger partial charge in [-0.3, -0.25) is 19.5 Å². The van der Waals surface area contributed by atoms with Crippen molar-refractivity contribution in [2.45, 2.75) is 32.3 Å². The van der Waals surface area contributed by atoms with Gasteiger partial charge in [0, 0.05) is 19.2 Å². The molecule has 9 heteroatoms. The first kappa shape index (κ1) is 27.3. The number of allylic oxidation sites excluding steroid dienone is 2. The van der Waals surface area contributed by atoms with E-state index in [9.17, 15) is 24.9 Å². The van der Waals surface area contributed by atoms with E-state index in [0.29, 0.717) is 34.2 Å². The zero-order chi connectivity index (χ0) is 26.9. The van der Waals surface area contributed by atoms with Crippen molar-refractivity contribution in [2.24, 2.45) is 17.8 Å². The van der Waals surface area contributed by atoms with Crippen molar-refractivity contribution in [2.75, 3.05) is 20.8 Å². The molecule has 1 aromatic heterocycles. The minimum Gasteiger partial charge on any atom is -0.504 e. The zero-order valence-electron chi connectivity index (χ0n) is 21.0. The van der Waals surface area contributed by atoms with Crippen molar-refractivity contribution >= 4 is 46.1 Å². The number of fused-ring (bicyclic) bond motifs is 1. The Morgan fingerprint density at radius 2 is 2.05 bits per heavy atom. The second-order valence-electron chi connectivity index (χ2n) is 9.59. The molecule has 0 saturated carbocycles. The molecular formula is C28H31IN2O6. The van der Waals surface area contributed by atoms with Gasteiger partial charge in [-0.15, -0.1) is 0 Å². The predicted molar refractivity (Wildman–Crippen MR) is 147 cm³/mol. The van der Waals surface area contributed by atoms with E-state index in [0.717, 1.165) is 27.3 Å². The second kappa shape index (κ2) is 11.3. The number of nitrogens with zero attached hydrogens (tertiary/aromatic N) is 2. The summed E-state index contributed by atoms with van der Waals surface area (Å²) in [5.41, 5.74) is 3.95. The smallest absolute Gasteiger partial charge is 0.233 e. The summed E-state index contributed by atoms with van der Waals surface area (Å²) in [5, 5.41) is 31.8. The number of aromatic hydroxyl groups is 1. The molecule has 1 aliphatic heterocycles. The lowest BCUT2D eigenvalue weighted by Crippen LogP contribution is -2.38. The highest BCUT2D eigenvalue weighted by Crippen LogP contribution is 2.46. The third-order valence-corrected chi connectivity index (χ3v) is 8.22. The lowest BCUT2D eigenvalue weighted by atomic mass is 9.68. The van der Waals surface area contributed by atoms with Gasteiger partial charge in [-0.05, 0) is 95.8 Å². The number of carbonyl (C=O) groups is 2. The van der Waals surface area contributed by atoms with Gasteiger partial charge in [0.15, 0.2) is 11.5 Å². The van der Waals surface area contributed by atoms with Crippen LogP contribution in [0.5, 0.6) is 11.5 Å². The molecule has 1 aromatic carbocycles. The largest absolute Gasteiger partial charge is 0.504 e. The molecule has 4 atom stereocenters. The van der Waals surface area contributed by atoms with Crippen molar-refractivity contribution in [3.63, 3.8) is 0 Å². The molecule has 0 unspecified atom stereocenters. The Bertz CT molecular complexity index is 1260. The molecular weight excluding hydrogens is 587 g/mol. The average Bonchev–Trinajstić information content (AvgIpc) is 3.11. The quantitative estimate of drug-likeness (QED) is 0.235. The van der Waals surface area contributed by atoms with Crippen molar-refractivity contribution in [1.29, 1.82) is 0 Å². The number of aliphatic hydroxyl groups excluding tert-OH is 2. The van der Waals surface area contributed by atoms with Crippen LogP contribution < -0.4 is 4.74 Å². The van der Waals surface area contributed by atoms with Crippen LogP contribution in [0.3, 0.4) is 0 Å². The summed E-state index contributed by atoms with van der Waals surface area (Å²) in [4.78, 5) is 31.0. The molecule has 3 N–H and O–H groups in total. The lowest BCUT2D eigenvalue weighted by molar-refractivity contribution is -0.138. The third kappa shape index (κ3) is 5.30. The fraction of sp³-hybridized carbons (Fsp3) is 0.393. The van der Waals surface area contributed by atoms with Crippen LogP contribution in [0.15, 0.2) is 47.7 Å². The Kier molecular flexibility index (Phi) is 8.35. The molecule has 8 nitrogen and oxygen atoms in total. The predicted octanol–water partition coefficient (Wildman–Crippen LogP) is 3.64. The number of halogens is 1. The molecule has 37 heavy (non-hydrogen) atoms. The normalized spacial score (nSPS) is 22.9. The fourth-order valence-corrected chi connectivity index (χ4v) is 6.21. The summed E-state index contributed by atoms with van der Waals surface area (Å²) < 4.78 is 5.95. The van der Waals surface area contributed by atoms with Crippen LogP contribution in [0.4, 0.5) is 0 Å². The number of rotatable bonds is 8. The van der Waals surface area contributed by atoms with Crippen LogP contribution in [-0.4, -0.2) is 63.9 Å². The van der Waals surface area contributed by atoms with Gasteiger partial charge in [0.1, 0.15) is 0 Å². The summed E-state index contributed by atoms with van der Waals surface area (Å²) >= 11 is 2.05. The van der Waals surface area contributed by atoms with Gasteiger partial charge in [0.25, 0.3) is 0 Å². The SMILES string of the molecule is COc1cc(/C=C(/CC[C@@H](O)C2=C(C)C[C@H]3C(=O)N(C)C(=O)[C@H]3[C@H]2CO)c2ccccn2)cc(I)c1O. The van der Waals surface area contributed by atoms with E-state index in [2.05, 4.69) is 4.98 Å². The van der Waals surface area contributed by atoms with Crippen LogP contribution in [0.2, 0.25) is 0 Å². The third-order valence-electron chi connectivity index (χ3n) is 7.40. The van der Waals surface area contributed by atoms with Gasteiger partial charge in [-0.25, -0.2) is 0 Å². The number of hydrogen-bond donors (Lipinski definition) is 3. The maximum absolute atomic E-state index is 12.8.